The highest BCUT2D eigenvalue weighted by Crippen LogP contribution is 2.42. The predicted octanol–water partition coefficient (Wildman–Crippen LogP) is 5.62. The van der Waals surface area contributed by atoms with Crippen LogP contribution in [-0.2, 0) is 6.61 Å². The lowest BCUT2D eigenvalue weighted by molar-refractivity contribution is 0.259. The molecule has 2 atom stereocenters. The Morgan fingerprint density at radius 3 is 2.39 bits per heavy atom. The summed E-state index contributed by atoms with van der Waals surface area (Å²) in [6.45, 7) is 5.09. The summed E-state index contributed by atoms with van der Waals surface area (Å²) in [4.78, 5) is 7.29. The number of hydrogen-bond donors (Lipinski definition) is 0. The third-order valence-electron chi connectivity index (χ3n) is 6.76. The summed E-state index contributed by atoms with van der Waals surface area (Å²) in [6, 6.07) is 27.0. The van der Waals surface area contributed by atoms with E-state index < -0.39 is 0 Å². The molecule has 2 heterocycles. The van der Waals surface area contributed by atoms with Crippen LogP contribution in [0.25, 0.3) is 0 Å². The van der Waals surface area contributed by atoms with Crippen LogP contribution in [-0.4, -0.2) is 38.1 Å². The Bertz CT molecular complexity index is 999. The molecule has 0 N–H and O–H groups in total. The molecule has 0 aliphatic carbocycles. The van der Waals surface area contributed by atoms with Crippen LogP contribution >= 0.6 is 0 Å². The molecule has 1 saturated heterocycles. The van der Waals surface area contributed by atoms with Gasteiger partial charge in [0, 0.05) is 56.2 Å². The maximum absolute atomic E-state index is 6.18. The second-order valence-corrected chi connectivity index (χ2v) is 8.85. The first-order chi connectivity index (χ1) is 15.1. The van der Waals surface area contributed by atoms with E-state index in [4.69, 9.17) is 4.74 Å². The van der Waals surface area contributed by atoms with E-state index in [1.54, 1.807) is 0 Å². The van der Waals surface area contributed by atoms with E-state index in [0.717, 1.165) is 25.3 Å². The third-order valence-corrected chi connectivity index (χ3v) is 6.76. The maximum Gasteiger partial charge on any atom is 0.143 e. The minimum absolute atomic E-state index is 0.398. The summed E-state index contributed by atoms with van der Waals surface area (Å²) in [7, 11) is 4.17. The summed E-state index contributed by atoms with van der Waals surface area (Å²) in [5.41, 5.74) is 6.34. The molecule has 2 aliphatic heterocycles. The largest absolute Gasteiger partial charge is 0.487 e. The van der Waals surface area contributed by atoms with E-state index in [-0.39, 0.29) is 0 Å². The SMILES string of the molecule is CC(c1ccc(N(C)C)cc1)N1CCC(N2c3ccccc3COc3ccccc32)C1. The molecule has 0 radical (unpaired) electrons. The van der Waals surface area contributed by atoms with Crippen molar-refractivity contribution in [2.75, 3.05) is 37.0 Å². The average Bonchev–Trinajstić information content (AvgIpc) is 3.22. The van der Waals surface area contributed by atoms with E-state index in [1.165, 1.54) is 28.2 Å². The predicted molar refractivity (Wildman–Crippen MR) is 129 cm³/mol. The molecule has 4 nitrogen and oxygen atoms in total. The van der Waals surface area contributed by atoms with Gasteiger partial charge in [0.15, 0.2) is 0 Å². The van der Waals surface area contributed by atoms with Gasteiger partial charge >= 0.3 is 0 Å². The van der Waals surface area contributed by atoms with Crippen molar-refractivity contribution < 1.29 is 4.74 Å². The van der Waals surface area contributed by atoms with Gasteiger partial charge in [-0.2, -0.15) is 0 Å². The number of hydrogen-bond acceptors (Lipinski definition) is 4. The molecule has 160 valence electrons. The summed E-state index contributed by atoms with van der Waals surface area (Å²) < 4.78 is 6.18. The smallest absolute Gasteiger partial charge is 0.143 e. The number of para-hydroxylation sites is 3. The molecule has 1 fully saturated rings. The van der Waals surface area contributed by atoms with E-state index >= 15 is 0 Å². The molecule has 3 aromatic rings. The first-order valence-corrected chi connectivity index (χ1v) is 11.2. The number of nitrogens with zero attached hydrogens (tertiary/aromatic N) is 3. The number of rotatable bonds is 4. The Hall–Kier alpha value is -2.98. The van der Waals surface area contributed by atoms with Crippen LogP contribution in [0.1, 0.15) is 30.5 Å². The van der Waals surface area contributed by atoms with Crippen molar-refractivity contribution in [3.8, 4) is 5.75 Å². The minimum atomic E-state index is 0.398. The lowest BCUT2D eigenvalue weighted by Gasteiger charge is -2.33. The van der Waals surface area contributed by atoms with E-state index in [9.17, 15) is 0 Å². The van der Waals surface area contributed by atoms with Crippen LogP contribution in [0.3, 0.4) is 0 Å². The second-order valence-electron chi connectivity index (χ2n) is 8.85. The summed E-state index contributed by atoms with van der Waals surface area (Å²) in [5.74, 6) is 0.976. The van der Waals surface area contributed by atoms with Gasteiger partial charge in [-0.3, -0.25) is 4.90 Å². The highest BCUT2D eigenvalue weighted by Gasteiger charge is 2.34. The number of fused-ring (bicyclic) bond motifs is 2. The zero-order valence-electron chi connectivity index (χ0n) is 18.7. The van der Waals surface area contributed by atoms with Crippen LogP contribution in [0.15, 0.2) is 72.8 Å². The molecule has 5 rings (SSSR count). The number of likely N-dealkylation sites (tertiary alicyclic amines) is 1. The second kappa shape index (κ2) is 8.27. The van der Waals surface area contributed by atoms with Crippen molar-refractivity contribution in [3.63, 3.8) is 0 Å². The molecule has 2 aliphatic rings. The molecule has 0 spiro atoms. The van der Waals surface area contributed by atoms with Crippen LogP contribution in [0.5, 0.6) is 5.75 Å². The topological polar surface area (TPSA) is 19.0 Å². The fourth-order valence-corrected chi connectivity index (χ4v) is 4.92. The average molecular weight is 414 g/mol. The highest BCUT2D eigenvalue weighted by atomic mass is 16.5. The van der Waals surface area contributed by atoms with Gasteiger partial charge in [-0.1, -0.05) is 42.5 Å². The molecule has 0 bridgehead atoms. The molecule has 0 saturated carbocycles. The Morgan fingerprint density at radius 2 is 1.61 bits per heavy atom. The van der Waals surface area contributed by atoms with Crippen LogP contribution in [0.4, 0.5) is 17.1 Å². The maximum atomic E-state index is 6.18. The van der Waals surface area contributed by atoms with Crippen molar-refractivity contribution in [3.05, 3.63) is 83.9 Å². The van der Waals surface area contributed by atoms with Crippen molar-refractivity contribution >= 4 is 17.1 Å². The van der Waals surface area contributed by atoms with Crippen molar-refractivity contribution in [2.45, 2.75) is 32.0 Å². The monoisotopic (exact) mass is 413 g/mol. The van der Waals surface area contributed by atoms with E-state index in [2.05, 4.69) is 109 Å². The van der Waals surface area contributed by atoms with Crippen LogP contribution < -0.4 is 14.5 Å². The summed E-state index contributed by atoms with van der Waals surface area (Å²) in [6.07, 6.45) is 1.14. The molecule has 4 heteroatoms. The first kappa shape index (κ1) is 20.0. The quantitative estimate of drug-likeness (QED) is 0.553. The van der Waals surface area contributed by atoms with Gasteiger partial charge in [0.2, 0.25) is 0 Å². The fraction of sp³-hybridized carbons (Fsp3) is 0.333. The Morgan fingerprint density at radius 1 is 0.903 bits per heavy atom. The lowest BCUT2D eigenvalue weighted by atomic mass is 10.1. The highest BCUT2D eigenvalue weighted by molar-refractivity contribution is 5.73. The van der Waals surface area contributed by atoms with Gasteiger partial charge in [-0.25, -0.2) is 0 Å². The van der Waals surface area contributed by atoms with Gasteiger partial charge in [0.25, 0.3) is 0 Å². The standard InChI is InChI=1S/C27H31N3O/c1-20(21-12-14-23(15-13-21)28(2)3)29-17-16-24(18-29)30-25-9-5-4-8-22(25)19-31-27-11-7-6-10-26(27)30/h4-15,20,24H,16-19H2,1-3H3. The van der Waals surface area contributed by atoms with Gasteiger partial charge in [-0.15, -0.1) is 0 Å². The number of benzene rings is 3. The third kappa shape index (κ3) is 3.77. The first-order valence-electron chi connectivity index (χ1n) is 11.2. The van der Waals surface area contributed by atoms with Crippen LogP contribution in [0.2, 0.25) is 0 Å². The normalized spacial score (nSPS) is 19.2. The molecule has 31 heavy (non-hydrogen) atoms. The number of ether oxygens (including phenoxy) is 1. The summed E-state index contributed by atoms with van der Waals surface area (Å²) in [5, 5.41) is 0. The van der Waals surface area contributed by atoms with Gasteiger partial charge in [0.05, 0.1) is 5.69 Å². The molecule has 2 unspecified atom stereocenters. The summed E-state index contributed by atoms with van der Waals surface area (Å²) >= 11 is 0. The van der Waals surface area contributed by atoms with Gasteiger partial charge in [0.1, 0.15) is 12.4 Å². The molecular weight excluding hydrogens is 382 g/mol. The molecular formula is C27H31N3O. The molecule has 0 aromatic heterocycles. The molecule has 0 amide bonds. The van der Waals surface area contributed by atoms with Gasteiger partial charge < -0.3 is 14.5 Å². The van der Waals surface area contributed by atoms with Crippen LogP contribution in [0, 0.1) is 0 Å². The Labute approximate surface area is 185 Å². The van der Waals surface area contributed by atoms with Crippen molar-refractivity contribution in [2.24, 2.45) is 0 Å². The minimum Gasteiger partial charge on any atom is -0.487 e. The van der Waals surface area contributed by atoms with Crippen molar-refractivity contribution in [1.82, 2.24) is 4.90 Å². The van der Waals surface area contributed by atoms with E-state index in [1.807, 2.05) is 0 Å². The van der Waals surface area contributed by atoms with E-state index in [0.29, 0.717) is 18.7 Å². The lowest BCUT2D eigenvalue weighted by Crippen LogP contribution is -2.35. The Balaban J connectivity index is 1.42. The fourth-order valence-electron chi connectivity index (χ4n) is 4.92. The zero-order chi connectivity index (χ0) is 21.4. The number of anilines is 3. The zero-order valence-corrected chi connectivity index (χ0v) is 18.7. The van der Waals surface area contributed by atoms with Crippen molar-refractivity contribution in [1.29, 1.82) is 0 Å². The van der Waals surface area contributed by atoms with Gasteiger partial charge in [-0.05, 0) is 49.2 Å². The Kier molecular flexibility index (Phi) is 5.33. The molecule has 3 aromatic carbocycles.